The summed E-state index contributed by atoms with van der Waals surface area (Å²) in [7, 11) is 0. The Kier molecular flexibility index (Phi) is 9.73. The Labute approximate surface area is 229 Å². The maximum Gasteiger partial charge on any atom is 0.293 e. The second kappa shape index (κ2) is 12.6. The summed E-state index contributed by atoms with van der Waals surface area (Å²) in [6, 6.07) is 19.8. The van der Waals surface area contributed by atoms with Crippen molar-refractivity contribution in [3.05, 3.63) is 99.6 Å². The SMILES string of the molecule is CCC(O)(/C=C/c1ccc(C(CC)(CC)c2cc(C)c(-c3ccc(COC=O)cc3)c(C)c2)cc1C)CC. The lowest BCUT2D eigenvalue weighted by molar-refractivity contribution is -0.129. The Morgan fingerprint density at radius 1 is 0.763 bits per heavy atom. The number of aliphatic hydroxyl groups is 1. The molecule has 0 aliphatic carbocycles. The van der Waals surface area contributed by atoms with Crippen LogP contribution in [-0.4, -0.2) is 17.2 Å². The van der Waals surface area contributed by atoms with Crippen LogP contribution in [0.3, 0.4) is 0 Å². The van der Waals surface area contributed by atoms with Gasteiger partial charge in [-0.1, -0.05) is 94.4 Å². The molecule has 3 aromatic carbocycles. The molecule has 0 bridgehead atoms. The molecule has 0 aliphatic heterocycles. The summed E-state index contributed by atoms with van der Waals surface area (Å²) in [5.74, 6) is 0. The number of rotatable bonds is 12. The summed E-state index contributed by atoms with van der Waals surface area (Å²) in [6.45, 7) is 16.0. The third kappa shape index (κ3) is 6.10. The molecule has 0 unspecified atom stereocenters. The van der Waals surface area contributed by atoms with Gasteiger partial charge in [-0.2, -0.15) is 0 Å². The van der Waals surface area contributed by atoms with E-state index in [-0.39, 0.29) is 5.41 Å². The van der Waals surface area contributed by atoms with Gasteiger partial charge >= 0.3 is 0 Å². The highest BCUT2D eigenvalue weighted by Crippen LogP contribution is 2.42. The maximum absolute atomic E-state index is 10.7. The molecular weight excluding hydrogens is 468 g/mol. The van der Waals surface area contributed by atoms with Gasteiger partial charge in [0, 0.05) is 5.41 Å². The molecule has 0 aromatic heterocycles. The summed E-state index contributed by atoms with van der Waals surface area (Å²) in [5.41, 5.74) is 10.2. The Hall–Kier alpha value is -3.17. The van der Waals surface area contributed by atoms with E-state index in [4.69, 9.17) is 4.74 Å². The van der Waals surface area contributed by atoms with E-state index in [1.165, 1.54) is 38.9 Å². The maximum atomic E-state index is 10.7. The minimum absolute atomic E-state index is 0.0787. The Bertz CT molecular complexity index is 1240. The molecule has 3 aromatic rings. The van der Waals surface area contributed by atoms with Crippen molar-refractivity contribution in [1.82, 2.24) is 0 Å². The number of benzene rings is 3. The summed E-state index contributed by atoms with van der Waals surface area (Å²) < 4.78 is 4.89. The summed E-state index contributed by atoms with van der Waals surface area (Å²) in [4.78, 5) is 10.5. The third-order valence-corrected chi connectivity index (χ3v) is 8.47. The van der Waals surface area contributed by atoms with Gasteiger partial charge in [-0.25, -0.2) is 0 Å². The fourth-order valence-electron chi connectivity index (χ4n) is 5.72. The molecule has 3 nitrogen and oxygen atoms in total. The molecule has 0 saturated heterocycles. The average Bonchev–Trinajstić information content (AvgIpc) is 2.92. The second-order valence-electron chi connectivity index (χ2n) is 10.6. The quantitative estimate of drug-likeness (QED) is 0.247. The van der Waals surface area contributed by atoms with E-state index in [1.807, 2.05) is 32.1 Å². The van der Waals surface area contributed by atoms with Crippen molar-refractivity contribution in [3.8, 4) is 11.1 Å². The van der Waals surface area contributed by atoms with E-state index < -0.39 is 5.60 Å². The van der Waals surface area contributed by atoms with Crippen molar-refractivity contribution in [2.24, 2.45) is 0 Å². The van der Waals surface area contributed by atoms with Crippen LogP contribution >= 0.6 is 0 Å². The van der Waals surface area contributed by atoms with Gasteiger partial charge in [-0.15, -0.1) is 0 Å². The van der Waals surface area contributed by atoms with E-state index >= 15 is 0 Å². The number of hydrogen-bond donors (Lipinski definition) is 1. The Balaban J connectivity index is 2.01. The van der Waals surface area contributed by atoms with Crippen molar-refractivity contribution < 1.29 is 14.6 Å². The van der Waals surface area contributed by atoms with E-state index in [1.54, 1.807) is 0 Å². The summed E-state index contributed by atoms with van der Waals surface area (Å²) in [6.07, 6.45) is 7.46. The lowest BCUT2D eigenvalue weighted by Crippen LogP contribution is -2.26. The fraction of sp³-hybridized carbons (Fsp3) is 0.400. The minimum Gasteiger partial charge on any atom is -0.463 e. The Morgan fingerprint density at radius 2 is 1.34 bits per heavy atom. The van der Waals surface area contributed by atoms with Crippen molar-refractivity contribution in [3.63, 3.8) is 0 Å². The smallest absolute Gasteiger partial charge is 0.293 e. The van der Waals surface area contributed by atoms with Crippen LogP contribution in [0.25, 0.3) is 17.2 Å². The number of carbonyl (C=O) groups is 1. The molecule has 0 atom stereocenters. The van der Waals surface area contributed by atoms with Gasteiger partial charge in [-0.3, -0.25) is 4.79 Å². The molecule has 0 radical (unpaired) electrons. The fourth-order valence-corrected chi connectivity index (χ4v) is 5.72. The van der Waals surface area contributed by atoms with Gasteiger partial charge in [0.15, 0.2) is 0 Å². The standard InChI is InChI=1S/C35H44O3/c1-8-34(37,9-2)19-18-29-16-17-31(20-25(29)5)35(10-3,11-4)32-21-26(6)33(27(7)22-32)30-14-12-28(13-15-30)23-38-24-36/h12-22,24,37H,8-11,23H2,1-7H3/b19-18+. The first kappa shape index (κ1) is 29.4. The molecule has 0 spiro atoms. The summed E-state index contributed by atoms with van der Waals surface area (Å²) in [5, 5.41) is 10.7. The molecule has 202 valence electrons. The van der Waals surface area contributed by atoms with E-state index in [9.17, 15) is 9.90 Å². The van der Waals surface area contributed by atoms with Crippen molar-refractivity contribution in [1.29, 1.82) is 0 Å². The first-order valence-corrected chi connectivity index (χ1v) is 14.0. The normalized spacial score (nSPS) is 12.2. The summed E-state index contributed by atoms with van der Waals surface area (Å²) >= 11 is 0. The van der Waals surface area contributed by atoms with Crippen LogP contribution in [0, 0.1) is 20.8 Å². The molecular formula is C35H44O3. The predicted octanol–water partition coefficient (Wildman–Crippen LogP) is 8.62. The molecule has 0 aliphatic rings. The number of carbonyl (C=O) groups excluding carboxylic acids is 1. The number of hydrogen-bond acceptors (Lipinski definition) is 3. The average molecular weight is 513 g/mol. The minimum atomic E-state index is -0.748. The Morgan fingerprint density at radius 3 is 1.84 bits per heavy atom. The van der Waals surface area contributed by atoms with Crippen LogP contribution in [0.1, 0.15) is 92.3 Å². The van der Waals surface area contributed by atoms with E-state index in [2.05, 4.69) is 83.2 Å². The lowest BCUT2D eigenvalue weighted by Gasteiger charge is -2.35. The largest absolute Gasteiger partial charge is 0.463 e. The van der Waals surface area contributed by atoms with Crippen LogP contribution in [0.15, 0.2) is 60.7 Å². The molecule has 0 amide bonds. The van der Waals surface area contributed by atoms with Crippen LogP contribution in [0.2, 0.25) is 0 Å². The van der Waals surface area contributed by atoms with Crippen LogP contribution in [0.5, 0.6) is 0 Å². The van der Waals surface area contributed by atoms with Crippen molar-refractivity contribution >= 4 is 12.5 Å². The van der Waals surface area contributed by atoms with E-state index in [0.717, 1.165) is 24.0 Å². The van der Waals surface area contributed by atoms with Crippen molar-refractivity contribution in [2.45, 2.75) is 91.8 Å². The molecule has 38 heavy (non-hydrogen) atoms. The molecule has 3 heteroatoms. The molecule has 3 rings (SSSR count). The van der Waals surface area contributed by atoms with Crippen LogP contribution < -0.4 is 0 Å². The number of ether oxygens (including phenoxy) is 1. The monoisotopic (exact) mass is 512 g/mol. The van der Waals surface area contributed by atoms with Gasteiger partial charge in [0.25, 0.3) is 6.47 Å². The van der Waals surface area contributed by atoms with Gasteiger partial charge in [0.1, 0.15) is 6.61 Å². The molecule has 1 N–H and O–H groups in total. The van der Waals surface area contributed by atoms with Gasteiger partial charge in [0.2, 0.25) is 0 Å². The second-order valence-corrected chi connectivity index (χ2v) is 10.6. The predicted molar refractivity (Wildman–Crippen MR) is 159 cm³/mol. The highest BCUT2D eigenvalue weighted by molar-refractivity contribution is 5.72. The highest BCUT2D eigenvalue weighted by atomic mass is 16.5. The molecule has 0 saturated carbocycles. The van der Waals surface area contributed by atoms with Crippen molar-refractivity contribution in [2.75, 3.05) is 0 Å². The van der Waals surface area contributed by atoms with Gasteiger partial charge in [-0.05, 0) is 96.5 Å². The molecule has 0 fully saturated rings. The van der Waals surface area contributed by atoms with Gasteiger partial charge in [0.05, 0.1) is 5.60 Å². The van der Waals surface area contributed by atoms with Crippen LogP contribution in [-0.2, 0) is 21.6 Å². The highest BCUT2D eigenvalue weighted by Gasteiger charge is 2.32. The molecule has 0 heterocycles. The zero-order valence-electron chi connectivity index (χ0n) is 24.2. The zero-order chi connectivity index (χ0) is 27.9. The first-order chi connectivity index (χ1) is 18.2. The number of aryl methyl sites for hydroxylation is 3. The third-order valence-electron chi connectivity index (χ3n) is 8.47. The lowest BCUT2D eigenvalue weighted by atomic mass is 9.69. The van der Waals surface area contributed by atoms with Crippen LogP contribution in [0.4, 0.5) is 0 Å². The first-order valence-electron chi connectivity index (χ1n) is 14.0. The van der Waals surface area contributed by atoms with E-state index in [0.29, 0.717) is 25.9 Å². The zero-order valence-corrected chi connectivity index (χ0v) is 24.2. The topological polar surface area (TPSA) is 46.5 Å². The van der Waals surface area contributed by atoms with Gasteiger partial charge < -0.3 is 9.84 Å².